The summed E-state index contributed by atoms with van der Waals surface area (Å²) in [6, 6.07) is 0.373. The maximum absolute atomic E-state index is 11.8. The molecule has 1 N–H and O–H groups in total. The first kappa shape index (κ1) is 13.0. The van der Waals surface area contributed by atoms with Gasteiger partial charge in [0.25, 0.3) is 0 Å². The molecule has 18 heavy (non-hydrogen) atoms. The number of carbonyl (C=O) groups is 1. The standard InChI is InChI=1S/C15H24BrNO/c1-10(17-14(18)2-3-16)15-7-11-4-12(8-15)6-13(5-11)9-15/h10-13H,2-9H2,1H3,(H,17,18). The molecular weight excluding hydrogens is 290 g/mol. The number of carbonyl (C=O) groups excluding carboxylic acids is 1. The topological polar surface area (TPSA) is 29.1 Å². The van der Waals surface area contributed by atoms with Gasteiger partial charge in [-0.2, -0.15) is 0 Å². The van der Waals surface area contributed by atoms with Gasteiger partial charge in [-0.05, 0) is 68.6 Å². The fraction of sp³-hybridized carbons (Fsp3) is 0.933. The van der Waals surface area contributed by atoms with Crippen molar-refractivity contribution in [2.24, 2.45) is 23.2 Å². The number of hydrogen-bond acceptors (Lipinski definition) is 1. The van der Waals surface area contributed by atoms with Gasteiger partial charge in [0.05, 0.1) is 0 Å². The second-order valence-electron chi connectivity index (χ2n) is 7.01. The number of alkyl halides is 1. The van der Waals surface area contributed by atoms with Gasteiger partial charge in [0.15, 0.2) is 0 Å². The lowest BCUT2D eigenvalue weighted by Gasteiger charge is -2.59. The average molecular weight is 314 g/mol. The van der Waals surface area contributed by atoms with E-state index in [9.17, 15) is 4.79 Å². The van der Waals surface area contributed by atoms with Crippen LogP contribution in [0.1, 0.15) is 51.9 Å². The molecule has 0 aromatic carbocycles. The molecular formula is C15H24BrNO. The Bertz CT molecular complexity index is 306. The zero-order chi connectivity index (χ0) is 12.8. The second-order valence-corrected chi connectivity index (χ2v) is 7.80. The SMILES string of the molecule is CC(NC(=O)CCBr)C12CC3CC(CC(C3)C1)C2. The highest BCUT2D eigenvalue weighted by Crippen LogP contribution is 2.61. The van der Waals surface area contributed by atoms with Gasteiger partial charge in [0.2, 0.25) is 5.91 Å². The Labute approximate surface area is 118 Å². The van der Waals surface area contributed by atoms with E-state index < -0.39 is 0 Å². The highest BCUT2D eigenvalue weighted by atomic mass is 79.9. The molecule has 4 saturated carbocycles. The minimum Gasteiger partial charge on any atom is -0.353 e. The third-order valence-corrected chi connectivity index (χ3v) is 6.10. The molecule has 0 aromatic rings. The number of hydrogen-bond donors (Lipinski definition) is 1. The number of halogens is 1. The Balaban J connectivity index is 1.69. The Kier molecular flexibility index (Phi) is 3.46. The van der Waals surface area contributed by atoms with E-state index in [1.807, 2.05) is 0 Å². The Morgan fingerprint density at radius 3 is 2.17 bits per heavy atom. The molecule has 4 bridgehead atoms. The van der Waals surface area contributed by atoms with Crippen molar-refractivity contribution in [2.75, 3.05) is 5.33 Å². The maximum atomic E-state index is 11.8. The van der Waals surface area contributed by atoms with E-state index >= 15 is 0 Å². The average Bonchev–Trinajstić information content (AvgIpc) is 2.27. The molecule has 4 rings (SSSR count). The fourth-order valence-electron chi connectivity index (χ4n) is 5.26. The van der Waals surface area contributed by atoms with E-state index in [0.717, 1.165) is 23.1 Å². The van der Waals surface area contributed by atoms with Crippen LogP contribution in [0.4, 0.5) is 0 Å². The summed E-state index contributed by atoms with van der Waals surface area (Å²) in [4.78, 5) is 11.8. The molecule has 1 amide bonds. The van der Waals surface area contributed by atoms with Gasteiger partial charge < -0.3 is 5.32 Å². The summed E-state index contributed by atoms with van der Waals surface area (Å²) >= 11 is 3.34. The Morgan fingerprint density at radius 1 is 1.22 bits per heavy atom. The summed E-state index contributed by atoms with van der Waals surface area (Å²) in [6.45, 7) is 2.25. The summed E-state index contributed by atoms with van der Waals surface area (Å²) in [6.07, 6.45) is 9.14. The fourth-order valence-corrected chi connectivity index (χ4v) is 5.62. The third-order valence-electron chi connectivity index (χ3n) is 5.70. The van der Waals surface area contributed by atoms with E-state index in [4.69, 9.17) is 0 Å². The quantitative estimate of drug-likeness (QED) is 0.791. The van der Waals surface area contributed by atoms with Crippen molar-refractivity contribution < 1.29 is 4.79 Å². The molecule has 0 aliphatic heterocycles. The minimum absolute atomic E-state index is 0.218. The van der Waals surface area contributed by atoms with Crippen LogP contribution in [0.25, 0.3) is 0 Å². The predicted octanol–water partition coefficient (Wildman–Crippen LogP) is 3.49. The van der Waals surface area contributed by atoms with Gasteiger partial charge in [-0.25, -0.2) is 0 Å². The Hall–Kier alpha value is -0.0500. The van der Waals surface area contributed by atoms with Crippen LogP contribution in [0.3, 0.4) is 0 Å². The summed E-state index contributed by atoms with van der Waals surface area (Å²) in [5.41, 5.74) is 0.441. The van der Waals surface area contributed by atoms with Crippen molar-refractivity contribution in [2.45, 2.75) is 57.9 Å². The zero-order valence-corrected chi connectivity index (χ0v) is 12.8. The van der Waals surface area contributed by atoms with Gasteiger partial charge in [-0.3, -0.25) is 4.79 Å². The smallest absolute Gasteiger partial charge is 0.221 e. The van der Waals surface area contributed by atoms with Crippen LogP contribution in [-0.4, -0.2) is 17.3 Å². The third kappa shape index (κ3) is 2.23. The van der Waals surface area contributed by atoms with Crippen LogP contribution in [0.2, 0.25) is 0 Å². The van der Waals surface area contributed by atoms with Gasteiger partial charge in [-0.1, -0.05) is 15.9 Å². The van der Waals surface area contributed by atoms with Crippen LogP contribution in [0.15, 0.2) is 0 Å². The first-order valence-electron chi connectivity index (χ1n) is 7.46. The molecule has 0 spiro atoms. The van der Waals surface area contributed by atoms with E-state index in [1.54, 1.807) is 0 Å². The second kappa shape index (κ2) is 4.81. The largest absolute Gasteiger partial charge is 0.353 e. The van der Waals surface area contributed by atoms with E-state index in [0.29, 0.717) is 17.9 Å². The van der Waals surface area contributed by atoms with Gasteiger partial charge in [0, 0.05) is 17.8 Å². The molecule has 0 saturated heterocycles. The molecule has 2 nitrogen and oxygen atoms in total. The molecule has 4 aliphatic carbocycles. The lowest BCUT2D eigenvalue weighted by atomic mass is 9.48. The van der Waals surface area contributed by atoms with Gasteiger partial charge in [-0.15, -0.1) is 0 Å². The van der Waals surface area contributed by atoms with Crippen LogP contribution >= 0.6 is 15.9 Å². The van der Waals surface area contributed by atoms with Crippen LogP contribution in [0, 0.1) is 23.2 Å². The van der Waals surface area contributed by atoms with Crippen LogP contribution in [0.5, 0.6) is 0 Å². The normalized spacial score (nSPS) is 42.9. The number of amides is 1. The molecule has 4 fully saturated rings. The van der Waals surface area contributed by atoms with Crippen molar-refractivity contribution in [1.29, 1.82) is 0 Å². The lowest BCUT2D eigenvalue weighted by Crippen LogP contribution is -2.55. The number of rotatable bonds is 4. The van der Waals surface area contributed by atoms with E-state index in [-0.39, 0.29) is 5.91 Å². The van der Waals surface area contributed by atoms with E-state index in [2.05, 4.69) is 28.2 Å². The van der Waals surface area contributed by atoms with Gasteiger partial charge >= 0.3 is 0 Å². The molecule has 0 heterocycles. The Morgan fingerprint density at radius 2 is 1.72 bits per heavy atom. The molecule has 0 radical (unpaired) electrons. The molecule has 102 valence electrons. The van der Waals surface area contributed by atoms with Crippen molar-refractivity contribution >= 4 is 21.8 Å². The van der Waals surface area contributed by atoms with E-state index in [1.165, 1.54) is 38.5 Å². The zero-order valence-electron chi connectivity index (χ0n) is 11.3. The van der Waals surface area contributed by atoms with Crippen LogP contribution < -0.4 is 5.32 Å². The first-order valence-corrected chi connectivity index (χ1v) is 8.59. The van der Waals surface area contributed by atoms with Gasteiger partial charge in [0.1, 0.15) is 0 Å². The first-order chi connectivity index (χ1) is 8.61. The summed E-state index contributed by atoms with van der Waals surface area (Å²) < 4.78 is 0. The van der Waals surface area contributed by atoms with Crippen molar-refractivity contribution in [3.05, 3.63) is 0 Å². The van der Waals surface area contributed by atoms with Crippen LogP contribution in [-0.2, 0) is 4.79 Å². The summed E-state index contributed by atoms with van der Waals surface area (Å²) in [5.74, 6) is 3.11. The summed E-state index contributed by atoms with van der Waals surface area (Å²) in [7, 11) is 0. The maximum Gasteiger partial charge on any atom is 0.221 e. The molecule has 0 aromatic heterocycles. The lowest BCUT2D eigenvalue weighted by molar-refractivity contribution is -0.125. The van der Waals surface area contributed by atoms with Crippen molar-refractivity contribution in [3.8, 4) is 0 Å². The predicted molar refractivity (Wildman–Crippen MR) is 76.6 cm³/mol. The van der Waals surface area contributed by atoms with Crippen molar-refractivity contribution in [1.82, 2.24) is 5.32 Å². The number of nitrogens with one attached hydrogen (secondary N) is 1. The molecule has 1 unspecified atom stereocenters. The van der Waals surface area contributed by atoms with Crippen molar-refractivity contribution in [3.63, 3.8) is 0 Å². The molecule has 1 atom stereocenters. The molecule has 3 heteroatoms. The monoisotopic (exact) mass is 313 g/mol. The minimum atomic E-state index is 0.218. The highest BCUT2D eigenvalue weighted by molar-refractivity contribution is 9.09. The molecule has 4 aliphatic rings. The summed E-state index contributed by atoms with van der Waals surface area (Å²) in [5, 5.41) is 4.04. The highest BCUT2D eigenvalue weighted by Gasteiger charge is 2.53.